The van der Waals surface area contributed by atoms with Gasteiger partial charge in [0.15, 0.2) is 0 Å². The van der Waals surface area contributed by atoms with Gasteiger partial charge in [-0.2, -0.15) is 5.10 Å². The number of carbonyl (C=O) groups is 1. The minimum atomic E-state index is -0.393. The topological polar surface area (TPSA) is 130 Å². The first-order chi connectivity index (χ1) is 16.0. The number of fused-ring (bicyclic) bond motifs is 1. The van der Waals surface area contributed by atoms with Gasteiger partial charge in [0.2, 0.25) is 6.41 Å². The van der Waals surface area contributed by atoms with E-state index < -0.39 is 4.92 Å². The lowest BCUT2D eigenvalue weighted by Crippen LogP contribution is -1.97. The molecule has 0 bridgehead atoms. The van der Waals surface area contributed by atoms with Gasteiger partial charge in [0.25, 0.3) is 5.69 Å². The SMILES string of the molecule is C/C=C/N.C=CCC.CC.CC.NC=O.O=[N+]([O-])c1ccc2nn(Cc3cccs3)cc2c1. The van der Waals surface area contributed by atoms with Gasteiger partial charge in [-0.25, -0.2) is 0 Å². The third kappa shape index (κ3) is 16.9. The highest BCUT2D eigenvalue weighted by molar-refractivity contribution is 7.09. The molecular formula is C24H39N5O3S. The summed E-state index contributed by atoms with van der Waals surface area (Å²) < 4.78 is 1.81. The molecule has 3 aromatic rings. The van der Waals surface area contributed by atoms with Gasteiger partial charge in [0.05, 0.1) is 17.0 Å². The number of aromatic nitrogens is 2. The fraction of sp³-hybridized carbons (Fsp3) is 0.333. The molecule has 1 amide bonds. The van der Waals surface area contributed by atoms with Crippen LogP contribution in [0.15, 0.2) is 66.8 Å². The van der Waals surface area contributed by atoms with E-state index in [1.165, 1.54) is 17.1 Å². The predicted octanol–water partition coefficient (Wildman–Crippen LogP) is 6.27. The van der Waals surface area contributed by atoms with Crippen LogP contribution in [0.4, 0.5) is 5.69 Å². The summed E-state index contributed by atoms with van der Waals surface area (Å²) in [5.41, 5.74) is 9.88. The number of nitro benzene ring substituents is 1. The molecule has 0 atom stereocenters. The molecule has 0 saturated heterocycles. The van der Waals surface area contributed by atoms with E-state index in [-0.39, 0.29) is 12.1 Å². The molecule has 8 nitrogen and oxygen atoms in total. The van der Waals surface area contributed by atoms with Crippen LogP contribution in [0.1, 0.15) is 52.8 Å². The van der Waals surface area contributed by atoms with Crippen LogP contribution < -0.4 is 11.5 Å². The van der Waals surface area contributed by atoms with E-state index in [0.717, 1.165) is 17.3 Å². The maximum absolute atomic E-state index is 10.7. The number of primary amides is 1. The predicted molar refractivity (Wildman–Crippen MR) is 142 cm³/mol. The monoisotopic (exact) mass is 477 g/mol. The van der Waals surface area contributed by atoms with E-state index in [0.29, 0.717) is 6.54 Å². The van der Waals surface area contributed by atoms with Crippen LogP contribution in [-0.4, -0.2) is 21.1 Å². The summed E-state index contributed by atoms with van der Waals surface area (Å²) in [6.07, 6.45) is 8.32. The van der Waals surface area contributed by atoms with Gasteiger partial charge in [0, 0.05) is 28.6 Å². The molecule has 2 heterocycles. The minimum absolute atomic E-state index is 0.0955. The average molecular weight is 478 g/mol. The van der Waals surface area contributed by atoms with Gasteiger partial charge in [-0.15, -0.1) is 17.9 Å². The number of carbonyl (C=O) groups excluding carboxylic acids is 1. The van der Waals surface area contributed by atoms with Crippen LogP contribution in [0.5, 0.6) is 0 Å². The van der Waals surface area contributed by atoms with Crippen LogP contribution in [0, 0.1) is 10.1 Å². The van der Waals surface area contributed by atoms with E-state index in [9.17, 15) is 10.1 Å². The molecule has 0 saturated carbocycles. The number of rotatable bonds is 4. The number of nitro groups is 1. The van der Waals surface area contributed by atoms with Gasteiger partial charge in [0.1, 0.15) is 0 Å². The van der Waals surface area contributed by atoms with Crippen LogP contribution in [0.2, 0.25) is 0 Å². The maximum atomic E-state index is 10.7. The number of nitrogens with two attached hydrogens (primary N) is 2. The lowest BCUT2D eigenvalue weighted by atomic mass is 10.2. The minimum Gasteiger partial charge on any atom is -0.405 e. The van der Waals surface area contributed by atoms with E-state index in [4.69, 9.17) is 10.5 Å². The van der Waals surface area contributed by atoms with Crippen molar-refractivity contribution in [3.05, 3.63) is 81.8 Å². The molecule has 0 aliphatic heterocycles. The number of hydrogen-bond acceptors (Lipinski definition) is 6. The smallest absolute Gasteiger partial charge is 0.270 e. The molecule has 1 aromatic carbocycles. The Morgan fingerprint density at radius 3 is 2.15 bits per heavy atom. The maximum Gasteiger partial charge on any atom is 0.270 e. The normalized spacial score (nSPS) is 8.55. The van der Waals surface area contributed by atoms with Crippen molar-refractivity contribution in [2.24, 2.45) is 11.5 Å². The molecule has 184 valence electrons. The largest absolute Gasteiger partial charge is 0.405 e. The quantitative estimate of drug-likeness (QED) is 0.198. The Balaban J connectivity index is -0.000000501. The van der Waals surface area contributed by atoms with Crippen molar-refractivity contribution in [1.29, 1.82) is 0 Å². The van der Waals surface area contributed by atoms with Gasteiger partial charge < -0.3 is 11.5 Å². The lowest BCUT2D eigenvalue weighted by Gasteiger charge is -1.95. The summed E-state index contributed by atoms with van der Waals surface area (Å²) in [5, 5.41) is 17.9. The second-order valence-electron chi connectivity index (χ2n) is 5.27. The van der Waals surface area contributed by atoms with Crippen molar-refractivity contribution in [3.8, 4) is 0 Å². The zero-order chi connectivity index (χ0) is 26.1. The fourth-order valence-electron chi connectivity index (χ4n) is 1.82. The van der Waals surface area contributed by atoms with Crippen molar-refractivity contribution < 1.29 is 9.72 Å². The summed E-state index contributed by atoms with van der Waals surface area (Å²) in [6, 6.07) is 8.74. The Kier molecular flexibility index (Phi) is 25.7. The number of amides is 1. The molecule has 4 N–H and O–H groups in total. The Bertz CT molecular complexity index is 887. The number of benzene rings is 1. The summed E-state index contributed by atoms with van der Waals surface area (Å²) in [5.74, 6) is 0. The van der Waals surface area contributed by atoms with Gasteiger partial charge in [-0.05, 0) is 37.1 Å². The zero-order valence-electron chi connectivity index (χ0n) is 20.6. The summed E-state index contributed by atoms with van der Waals surface area (Å²) in [4.78, 5) is 20.1. The molecule has 0 radical (unpaired) electrons. The molecule has 0 aliphatic rings. The van der Waals surface area contributed by atoms with Crippen LogP contribution in [-0.2, 0) is 11.3 Å². The molecule has 0 spiro atoms. The number of hydrogen-bond donors (Lipinski definition) is 2. The third-order valence-corrected chi connectivity index (χ3v) is 3.99. The third-order valence-electron chi connectivity index (χ3n) is 3.13. The van der Waals surface area contributed by atoms with E-state index in [2.05, 4.69) is 24.3 Å². The second-order valence-corrected chi connectivity index (χ2v) is 6.30. The Morgan fingerprint density at radius 2 is 1.76 bits per heavy atom. The molecule has 0 unspecified atom stereocenters. The molecule has 0 aliphatic carbocycles. The van der Waals surface area contributed by atoms with Crippen molar-refractivity contribution in [2.45, 2.75) is 54.5 Å². The lowest BCUT2D eigenvalue weighted by molar-refractivity contribution is -0.384. The van der Waals surface area contributed by atoms with Crippen LogP contribution >= 0.6 is 11.3 Å². The van der Waals surface area contributed by atoms with E-state index in [1.807, 2.05) is 64.4 Å². The van der Waals surface area contributed by atoms with Crippen molar-refractivity contribution >= 4 is 34.3 Å². The zero-order valence-corrected chi connectivity index (χ0v) is 21.4. The number of nitrogens with zero attached hydrogens (tertiary/aromatic N) is 3. The first kappa shape index (κ1) is 34.2. The standard InChI is InChI=1S/C12H9N3O2S.C4H8.C3H7N.2C2H6.CH3NO/c16-15(17)10-3-4-12-9(6-10)7-14(13-12)8-11-2-1-5-18-11;1-3-4-2;1-2-3-4;2*1-2;2-1-3/h1-7H,8H2;3H,1,4H2,2H3;2-3H,4H2,1H3;2*1-2H3;1H,(H2,2,3)/b;;3-2+;;;. The van der Waals surface area contributed by atoms with Gasteiger partial charge in [-0.1, -0.05) is 52.8 Å². The molecule has 3 rings (SSSR count). The molecule has 33 heavy (non-hydrogen) atoms. The summed E-state index contributed by atoms with van der Waals surface area (Å²) in [6.45, 7) is 16.1. The molecule has 0 fully saturated rings. The summed E-state index contributed by atoms with van der Waals surface area (Å²) >= 11 is 1.67. The Labute approximate surface area is 201 Å². The first-order valence-electron chi connectivity index (χ1n) is 10.7. The highest BCUT2D eigenvalue weighted by Gasteiger charge is 2.08. The van der Waals surface area contributed by atoms with E-state index in [1.54, 1.807) is 34.2 Å². The van der Waals surface area contributed by atoms with Crippen molar-refractivity contribution in [3.63, 3.8) is 0 Å². The number of non-ortho nitro benzene ring substituents is 1. The molecule has 2 aromatic heterocycles. The summed E-state index contributed by atoms with van der Waals surface area (Å²) in [7, 11) is 0. The molecular weight excluding hydrogens is 438 g/mol. The Hall–Kier alpha value is -3.46. The fourth-order valence-corrected chi connectivity index (χ4v) is 2.52. The Morgan fingerprint density at radius 1 is 1.21 bits per heavy atom. The number of thiophene rings is 1. The molecule has 9 heteroatoms. The van der Waals surface area contributed by atoms with E-state index >= 15 is 0 Å². The van der Waals surface area contributed by atoms with Crippen molar-refractivity contribution in [1.82, 2.24) is 9.78 Å². The number of allylic oxidation sites excluding steroid dienone is 2. The highest BCUT2D eigenvalue weighted by atomic mass is 32.1. The van der Waals surface area contributed by atoms with Crippen LogP contribution in [0.3, 0.4) is 0 Å². The van der Waals surface area contributed by atoms with Crippen LogP contribution in [0.25, 0.3) is 10.9 Å². The van der Waals surface area contributed by atoms with Gasteiger partial charge in [-0.3, -0.25) is 19.6 Å². The highest BCUT2D eigenvalue weighted by Crippen LogP contribution is 2.20. The van der Waals surface area contributed by atoms with Crippen molar-refractivity contribution in [2.75, 3.05) is 0 Å². The van der Waals surface area contributed by atoms with Gasteiger partial charge >= 0.3 is 0 Å². The average Bonchev–Trinajstić information content (AvgIpc) is 3.51. The first-order valence-corrected chi connectivity index (χ1v) is 11.6. The second kappa shape index (κ2) is 24.8.